The summed E-state index contributed by atoms with van der Waals surface area (Å²) in [5, 5.41) is 3.23. The first-order valence-electron chi connectivity index (χ1n) is 6.65. The summed E-state index contributed by atoms with van der Waals surface area (Å²) in [6.45, 7) is 5.94. The summed E-state index contributed by atoms with van der Waals surface area (Å²) in [5.74, 6) is -0.178. The van der Waals surface area contributed by atoms with Crippen LogP contribution in [0.15, 0.2) is 0 Å². The van der Waals surface area contributed by atoms with Gasteiger partial charge in [-0.15, -0.1) is 0 Å². The molecule has 5 N–H and O–H groups in total. The lowest BCUT2D eigenvalue weighted by Gasteiger charge is -2.27. The van der Waals surface area contributed by atoms with Crippen molar-refractivity contribution < 1.29 is 9.53 Å². The van der Waals surface area contributed by atoms with Crippen LogP contribution in [-0.4, -0.2) is 37.2 Å². The summed E-state index contributed by atoms with van der Waals surface area (Å²) in [6, 6.07) is 0.770. The maximum Gasteiger partial charge on any atom is 0.320 e. The van der Waals surface area contributed by atoms with Crippen LogP contribution in [0, 0.1) is 0 Å². The molecule has 1 aliphatic carbocycles. The molecule has 5 nitrogen and oxygen atoms in total. The first-order valence-corrected chi connectivity index (χ1v) is 6.65. The minimum atomic E-state index is -0.395. The summed E-state index contributed by atoms with van der Waals surface area (Å²) in [5.41, 5.74) is 9.92. The van der Waals surface area contributed by atoms with Gasteiger partial charge in [-0.2, -0.15) is 0 Å². The molecule has 0 atom stereocenters. The third-order valence-electron chi connectivity index (χ3n) is 2.73. The van der Waals surface area contributed by atoms with E-state index in [-0.39, 0.29) is 5.97 Å². The highest BCUT2D eigenvalue weighted by Crippen LogP contribution is 2.16. The highest BCUT2D eigenvalue weighted by Gasteiger charge is 2.20. The molecule has 1 rings (SSSR count). The summed E-state index contributed by atoms with van der Waals surface area (Å²) in [4.78, 5) is 11.5. The van der Waals surface area contributed by atoms with Crippen LogP contribution in [0.25, 0.3) is 0 Å². The number of nitrogens with two attached hydrogens (primary N) is 2. The lowest BCUT2D eigenvalue weighted by atomic mass is 9.92. The Morgan fingerprint density at radius 1 is 1.22 bits per heavy atom. The van der Waals surface area contributed by atoms with Crippen LogP contribution in [0.2, 0.25) is 0 Å². The molecule has 0 bridgehead atoms. The molecule has 0 heterocycles. The molecule has 18 heavy (non-hydrogen) atoms. The predicted molar refractivity (Wildman–Crippen MR) is 74.2 cm³/mol. The smallest absolute Gasteiger partial charge is 0.320 e. The molecular weight excluding hydrogens is 230 g/mol. The predicted octanol–water partition coefficient (Wildman–Crippen LogP) is 0.763. The molecule has 0 radical (unpaired) electrons. The van der Waals surface area contributed by atoms with Crippen LogP contribution in [0.4, 0.5) is 0 Å². The zero-order valence-corrected chi connectivity index (χ0v) is 12.2. The van der Waals surface area contributed by atoms with Gasteiger partial charge in [0.1, 0.15) is 5.60 Å². The van der Waals surface area contributed by atoms with E-state index in [4.69, 9.17) is 10.5 Å². The first kappa shape index (κ1) is 17.4. The zero-order valence-electron chi connectivity index (χ0n) is 12.2. The molecule has 0 aromatic rings. The molecule has 1 saturated carbocycles. The van der Waals surface area contributed by atoms with E-state index in [1.54, 1.807) is 0 Å². The largest absolute Gasteiger partial charge is 0.459 e. The van der Waals surface area contributed by atoms with E-state index in [9.17, 15) is 4.79 Å². The lowest BCUT2D eigenvalue weighted by molar-refractivity contribution is -0.153. The Labute approximate surface area is 111 Å². The second kappa shape index (κ2) is 8.45. The van der Waals surface area contributed by atoms with Crippen LogP contribution in [0.1, 0.15) is 46.5 Å². The van der Waals surface area contributed by atoms with Crippen molar-refractivity contribution in [2.24, 2.45) is 11.5 Å². The van der Waals surface area contributed by atoms with Gasteiger partial charge in [-0.3, -0.25) is 4.79 Å². The van der Waals surface area contributed by atoms with Crippen molar-refractivity contribution in [3.8, 4) is 0 Å². The summed E-state index contributed by atoms with van der Waals surface area (Å²) >= 11 is 0. The van der Waals surface area contributed by atoms with E-state index in [0.29, 0.717) is 18.6 Å². The number of hydrogen-bond acceptors (Lipinski definition) is 5. The molecule has 1 aliphatic rings. The van der Waals surface area contributed by atoms with E-state index in [2.05, 4.69) is 11.1 Å². The van der Waals surface area contributed by atoms with Crippen LogP contribution in [0.3, 0.4) is 0 Å². The minimum Gasteiger partial charge on any atom is -0.459 e. The van der Waals surface area contributed by atoms with E-state index in [1.165, 1.54) is 7.05 Å². The monoisotopic (exact) mass is 259 g/mol. The Hall–Kier alpha value is -0.650. The van der Waals surface area contributed by atoms with E-state index in [0.717, 1.165) is 25.7 Å². The van der Waals surface area contributed by atoms with E-state index >= 15 is 0 Å². The number of rotatable bonds is 3. The number of hydrogen-bond donors (Lipinski definition) is 3. The normalized spacial score (nSPS) is 23.9. The van der Waals surface area contributed by atoms with Gasteiger partial charge in [-0.1, -0.05) is 0 Å². The number of carbonyl (C=O) groups is 1. The van der Waals surface area contributed by atoms with E-state index < -0.39 is 5.60 Å². The maximum absolute atomic E-state index is 11.5. The van der Waals surface area contributed by atoms with Crippen molar-refractivity contribution in [1.82, 2.24) is 5.32 Å². The van der Waals surface area contributed by atoms with Crippen molar-refractivity contribution in [2.45, 2.75) is 64.1 Å². The number of esters is 1. The highest BCUT2D eigenvalue weighted by atomic mass is 16.6. The van der Waals surface area contributed by atoms with Gasteiger partial charge in [-0.25, -0.2) is 0 Å². The van der Waals surface area contributed by atoms with Gasteiger partial charge in [0.25, 0.3) is 0 Å². The van der Waals surface area contributed by atoms with Crippen molar-refractivity contribution in [2.75, 3.05) is 13.6 Å². The third-order valence-corrected chi connectivity index (χ3v) is 2.73. The molecule has 5 heteroatoms. The molecule has 0 unspecified atom stereocenters. The van der Waals surface area contributed by atoms with E-state index in [1.807, 2.05) is 20.8 Å². The first-order chi connectivity index (χ1) is 8.37. The second-order valence-corrected chi connectivity index (χ2v) is 5.58. The van der Waals surface area contributed by atoms with Crippen LogP contribution in [-0.2, 0) is 9.53 Å². The third kappa shape index (κ3) is 8.44. The van der Waals surface area contributed by atoms with Crippen molar-refractivity contribution in [3.63, 3.8) is 0 Å². The van der Waals surface area contributed by atoms with Crippen LogP contribution < -0.4 is 16.8 Å². The fraction of sp³-hybridized carbons (Fsp3) is 0.923. The second-order valence-electron chi connectivity index (χ2n) is 5.58. The molecule has 0 saturated heterocycles. The quantitative estimate of drug-likeness (QED) is 0.651. The molecule has 108 valence electrons. The average Bonchev–Trinajstić information content (AvgIpc) is 2.29. The van der Waals surface area contributed by atoms with Gasteiger partial charge < -0.3 is 21.5 Å². The number of ether oxygens (including phenoxy) is 1. The van der Waals surface area contributed by atoms with Gasteiger partial charge in [0.2, 0.25) is 0 Å². The van der Waals surface area contributed by atoms with Crippen LogP contribution >= 0.6 is 0 Å². The summed E-state index contributed by atoms with van der Waals surface area (Å²) in [6.07, 6.45) is 4.21. The molecule has 0 aromatic heterocycles. The molecule has 0 amide bonds. The zero-order chi connectivity index (χ0) is 14.2. The van der Waals surface area contributed by atoms with Crippen molar-refractivity contribution >= 4 is 5.97 Å². The Balaban J connectivity index is 0.00000137. The number of nitrogens with one attached hydrogen (secondary N) is 1. The number of carbonyl (C=O) groups excluding carboxylic acids is 1. The summed E-state index contributed by atoms with van der Waals surface area (Å²) < 4.78 is 5.22. The molecular formula is C13H29N3O2. The standard InChI is InChI=1S/C12H24N2O2.CH5N/c1-12(2,3)16-11(15)8-14-10-6-4-9(13)5-7-10;1-2/h9-10,14H,4-8,13H2,1-3H3;2H2,1H3. The molecule has 0 aliphatic heterocycles. The lowest BCUT2D eigenvalue weighted by Crippen LogP contribution is -2.41. The maximum atomic E-state index is 11.5. The summed E-state index contributed by atoms with van der Waals surface area (Å²) in [7, 11) is 1.50. The fourth-order valence-electron chi connectivity index (χ4n) is 1.93. The highest BCUT2D eigenvalue weighted by molar-refractivity contribution is 5.72. The Bertz CT molecular complexity index is 231. The molecule has 0 spiro atoms. The SMILES string of the molecule is CC(C)(C)OC(=O)CNC1CCC(N)CC1.CN. The van der Waals surface area contributed by atoms with Gasteiger partial charge >= 0.3 is 5.97 Å². The fourth-order valence-corrected chi connectivity index (χ4v) is 1.93. The Morgan fingerprint density at radius 3 is 2.17 bits per heavy atom. The van der Waals surface area contributed by atoms with Crippen molar-refractivity contribution in [3.05, 3.63) is 0 Å². The Morgan fingerprint density at radius 2 is 1.72 bits per heavy atom. The minimum absolute atomic E-state index is 0.178. The van der Waals surface area contributed by atoms with Gasteiger partial charge in [0, 0.05) is 12.1 Å². The van der Waals surface area contributed by atoms with Crippen LogP contribution in [0.5, 0.6) is 0 Å². The molecule has 0 aromatic carbocycles. The average molecular weight is 259 g/mol. The van der Waals surface area contributed by atoms with Gasteiger partial charge in [0.05, 0.1) is 6.54 Å². The van der Waals surface area contributed by atoms with Gasteiger partial charge in [-0.05, 0) is 53.5 Å². The molecule has 1 fully saturated rings. The van der Waals surface area contributed by atoms with Crippen molar-refractivity contribution in [1.29, 1.82) is 0 Å². The Kier molecular flexibility index (Phi) is 8.15. The van der Waals surface area contributed by atoms with Gasteiger partial charge in [0.15, 0.2) is 0 Å². The topological polar surface area (TPSA) is 90.4 Å².